The summed E-state index contributed by atoms with van der Waals surface area (Å²) < 4.78 is 16.3. The van der Waals surface area contributed by atoms with E-state index in [1.165, 1.54) is 77.1 Å². The van der Waals surface area contributed by atoms with Gasteiger partial charge in [0.2, 0.25) is 0 Å². The minimum atomic E-state index is -0.666. The van der Waals surface area contributed by atoms with Gasteiger partial charge in [-0.05, 0) is 190 Å². The Morgan fingerprint density at radius 1 is 0.272 bits per heavy atom. The van der Waals surface area contributed by atoms with Crippen molar-refractivity contribution in [3.8, 4) is 45.1 Å². The molecule has 2 aliphatic carbocycles. The lowest BCUT2D eigenvalue weighted by atomic mass is 9.70. The third kappa shape index (κ3) is 6.93. The molecule has 2 heterocycles. The Bertz CT molecular complexity index is 4480. The number of anilines is 6. The first-order valence-corrected chi connectivity index (χ1v) is 27.6. The van der Waals surface area contributed by atoms with Crippen LogP contribution < -0.4 is 19.3 Å². The van der Waals surface area contributed by atoms with E-state index in [9.17, 15) is 0 Å². The molecule has 0 N–H and O–H groups in total. The molecule has 0 saturated carbocycles. The summed E-state index contributed by atoms with van der Waals surface area (Å²) >= 11 is 0. The maximum absolute atomic E-state index is 5.75. The third-order valence-corrected chi connectivity index (χ3v) is 17.1. The lowest BCUT2D eigenvalue weighted by molar-refractivity contribution is 0.414. The molecule has 0 atom stereocenters. The van der Waals surface area contributed by atoms with E-state index in [-0.39, 0.29) is 0 Å². The summed E-state index contributed by atoms with van der Waals surface area (Å²) in [7, 11) is 3.45. The van der Waals surface area contributed by atoms with Crippen LogP contribution in [0.25, 0.3) is 77.2 Å². The Balaban J connectivity index is 0.919. The number of fused-ring (bicyclic) bond motifs is 16. The van der Waals surface area contributed by atoms with Crippen LogP contribution in [0.15, 0.2) is 279 Å². The summed E-state index contributed by atoms with van der Waals surface area (Å²) in [5, 5.41) is 4.77. The molecular weight excluding hydrogens is 989 g/mol. The zero-order valence-corrected chi connectivity index (χ0v) is 44.7. The molecule has 0 saturated heterocycles. The number of benzene rings is 12. The fraction of sp³-hybridized carbons (Fsp3) is 0.0400. The van der Waals surface area contributed by atoms with Crippen molar-refractivity contribution >= 4 is 77.7 Å². The van der Waals surface area contributed by atoms with Gasteiger partial charge < -0.3 is 28.4 Å². The molecule has 0 unspecified atom stereocenters. The Morgan fingerprint density at radius 2 is 0.605 bits per heavy atom. The molecule has 2 aromatic heterocycles. The van der Waals surface area contributed by atoms with Gasteiger partial charge in [-0.25, -0.2) is 0 Å². The standard InChI is InChI=1S/C75H52N4O2/c1-80-57-37-29-51(30-38-57)76(53-35-43-73-65(45-53)63-23-11-15-27-71(63)78(73)49-17-5-3-6-18-49)55-33-41-61-62-42-34-56(48-70(62)75(69(61)47-55)67-25-13-9-21-59(67)60-22-10-14-26-68(60)75)77(52-31-39-58(81-2)40-32-52)54-36-44-74-66(46-54)64-24-12-16-28-72(64)79(74)50-19-7-4-8-20-50/h3-48H,1-2H3. The van der Waals surface area contributed by atoms with Gasteiger partial charge in [-0.3, -0.25) is 0 Å². The van der Waals surface area contributed by atoms with Crippen LogP contribution >= 0.6 is 0 Å². The molecule has 2 aliphatic rings. The zero-order chi connectivity index (χ0) is 53.8. The van der Waals surface area contributed by atoms with Crippen LogP contribution in [0.4, 0.5) is 34.1 Å². The number of methoxy groups -OCH3 is 2. The van der Waals surface area contributed by atoms with Gasteiger partial charge in [0.05, 0.1) is 41.7 Å². The molecule has 0 radical (unpaired) electrons. The molecule has 6 heteroatoms. The summed E-state index contributed by atoms with van der Waals surface area (Å²) in [4.78, 5) is 4.83. The van der Waals surface area contributed by atoms with Crippen molar-refractivity contribution in [2.75, 3.05) is 24.0 Å². The quantitative estimate of drug-likeness (QED) is 0.137. The third-order valence-electron chi connectivity index (χ3n) is 17.1. The van der Waals surface area contributed by atoms with Crippen LogP contribution in [-0.4, -0.2) is 23.4 Å². The fourth-order valence-corrected chi connectivity index (χ4v) is 13.7. The van der Waals surface area contributed by atoms with Gasteiger partial charge in [-0.15, -0.1) is 0 Å². The second kappa shape index (κ2) is 18.3. The highest BCUT2D eigenvalue weighted by Crippen LogP contribution is 2.64. The number of ether oxygens (including phenoxy) is 2. The Morgan fingerprint density at radius 3 is 1.04 bits per heavy atom. The maximum Gasteiger partial charge on any atom is 0.119 e. The molecule has 1 spiro atoms. The lowest BCUT2D eigenvalue weighted by Gasteiger charge is -2.33. The largest absolute Gasteiger partial charge is 0.497 e. The molecule has 0 amide bonds. The number of nitrogens with zero attached hydrogens (tertiary/aromatic N) is 4. The molecule has 0 bridgehead atoms. The van der Waals surface area contributed by atoms with Crippen LogP contribution in [0, 0.1) is 0 Å². The monoisotopic (exact) mass is 1040 g/mol. The Hall–Kier alpha value is -10.6. The fourth-order valence-electron chi connectivity index (χ4n) is 13.7. The number of hydrogen-bond acceptors (Lipinski definition) is 4. The van der Waals surface area contributed by atoms with Crippen molar-refractivity contribution in [1.82, 2.24) is 9.13 Å². The van der Waals surface area contributed by atoms with E-state index in [4.69, 9.17) is 9.47 Å². The molecule has 384 valence electrons. The summed E-state index contributed by atoms with van der Waals surface area (Å²) in [5.41, 5.74) is 22.5. The minimum absolute atomic E-state index is 0.666. The van der Waals surface area contributed by atoms with E-state index in [2.05, 4.69) is 298 Å². The highest BCUT2D eigenvalue weighted by Gasteiger charge is 2.52. The first-order valence-electron chi connectivity index (χ1n) is 27.6. The topological polar surface area (TPSA) is 34.8 Å². The maximum atomic E-state index is 5.75. The zero-order valence-electron chi connectivity index (χ0n) is 44.7. The summed E-state index contributed by atoms with van der Waals surface area (Å²) in [5.74, 6) is 1.61. The van der Waals surface area contributed by atoms with E-state index < -0.39 is 5.41 Å². The van der Waals surface area contributed by atoms with Gasteiger partial charge in [0, 0.05) is 67.0 Å². The summed E-state index contributed by atoms with van der Waals surface area (Å²) in [6.07, 6.45) is 0. The van der Waals surface area contributed by atoms with Crippen LogP contribution in [0.1, 0.15) is 22.3 Å². The average Bonchev–Trinajstić information content (AvgIpc) is 4.37. The number of aromatic nitrogens is 2. The average molecular weight is 1040 g/mol. The van der Waals surface area contributed by atoms with Crippen LogP contribution in [0.5, 0.6) is 11.5 Å². The predicted molar refractivity (Wildman–Crippen MR) is 334 cm³/mol. The highest BCUT2D eigenvalue weighted by molar-refractivity contribution is 6.12. The molecule has 81 heavy (non-hydrogen) atoms. The van der Waals surface area contributed by atoms with E-state index in [1.54, 1.807) is 14.2 Å². The molecule has 16 rings (SSSR count). The summed E-state index contributed by atoms with van der Waals surface area (Å²) in [6, 6.07) is 102. The van der Waals surface area contributed by atoms with Gasteiger partial charge in [-0.1, -0.05) is 133 Å². The van der Waals surface area contributed by atoms with Crippen molar-refractivity contribution in [1.29, 1.82) is 0 Å². The first kappa shape index (κ1) is 46.5. The number of rotatable bonds is 10. The van der Waals surface area contributed by atoms with Gasteiger partial charge in [0.25, 0.3) is 0 Å². The van der Waals surface area contributed by atoms with E-state index in [1.807, 2.05) is 0 Å². The van der Waals surface area contributed by atoms with E-state index in [0.717, 1.165) is 68.0 Å². The van der Waals surface area contributed by atoms with Gasteiger partial charge in [0.1, 0.15) is 11.5 Å². The van der Waals surface area contributed by atoms with Crippen molar-refractivity contribution in [3.63, 3.8) is 0 Å². The van der Waals surface area contributed by atoms with Gasteiger partial charge in [0.15, 0.2) is 0 Å². The molecular formula is C75H52N4O2. The summed E-state index contributed by atoms with van der Waals surface area (Å²) in [6.45, 7) is 0. The predicted octanol–water partition coefficient (Wildman–Crippen LogP) is 19.2. The highest BCUT2D eigenvalue weighted by atomic mass is 16.5. The number of hydrogen-bond donors (Lipinski definition) is 0. The van der Waals surface area contributed by atoms with Crippen molar-refractivity contribution in [2.45, 2.75) is 5.41 Å². The lowest BCUT2D eigenvalue weighted by Crippen LogP contribution is -2.26. The SMILES string of the molecule is COc1ccc(N(c2ccc3c(c2)C2(c4ccccc4-c4ccccc42)c2cc(N(c4ccc(OC)cc4)c4ccc5c(c4)c4ccccc4n5-c4ccccc4)ccc2-3)c2ccc3c(c2)c2ccccc2n3-c2ccccc2)cc1. The Kier molecular flexibility index (Phi) is 10.5. The second-order valence-corrected chi connectivity index (χ2v) is 21.1. The van der Waals surface area contributed by atoms with Gasteiger partial charge >= 0.3 is 0 Å². The van der Waals surface area contributed by atoms with E-state index >= 15 is 0 Å². The Labute approximate surface area is 469 Å². The molecule has 0 fully saturated rings. The van der Waals surface area contributed by atoms with Gasteiger partial charge in [-0.2, -0.15) is 0 Å². The smallest absolute Gasteiger partial charge is 0.119 e. The van der Waals surface area contributed by atoms with Crippen molar-refractivity contribution < 1.29 is 9.47 Å². The van der Waals surface area contributed by atoms with Crippen LogP contribution in [0.3, 0.4) is 0 Å². The van der Waals surface area contributed by atoms with E-state index in [0.29, 0.717) is 0 Å². The normalized spacial score (nSPS) is 12.7. The molecule has 6 nitrogen and oxygen atoms in total. The first-order chi connectivity index (χ1) is 40.1. The van der Waals surface area contributed by atoms with Crippen molar-refractivity contribution in [2.24, 2.45) is 0 Å². The number of para-hydroxylation sites is 4. The second-order valence-electron chi connectivity index (χ2n) is 21.1. The molecule has 0 aliphatic heterocycles. The molecule has 12 aromatic carbocycles. The van der Waals surface area contributed by atoms with Crippen molar-refractivity contribution in [3.05, 3.63) is 301 Å². The van der Waals surface area contributed by atoms with Crippen LogP contribution in [0.2, 0.25) is 0 Å². The molecule has 14 aromatic rings. The van der Waals surface area contributed by atoms with Crippen LogP contribution in [-0.2, 0) is 5.41 Å². The minimum Gasteiger partial charge on any atom is -0.497 e.